The van der Waals surface area contributed by atoms with Gasteiger partial charge in [0, 0.05) is 0 Å². The molecular formula is C8H11ClN4. The number of hydrazone groups is 1. The third-order valence-electron chi connectivity index (χ3n) is 1.86. The summed E-state index contributed by atoms with van der Waals surface area (Å²) in [6.45, 7) is 0.711. The van der Waals surface area contributed by atoms with Crippen LogP contribution in [0.1, 0.15) is 11.1 Å². The van der Waals surface area contributed by atoms with Gasteiger partial charge in [0.15, 0.2) is 0 Å². The molecule has 0 saturated carbocycles. The summed E-state index contributed by atoms with van der Waals surface area (Å²) in [5.41, 5.74) is 4.86. The van der Waals surface area contributed by atoms with Crippen molar-refractivity contribution in [2.45, 2.75) is 6.54 Å². The summed E-state index contributed by atoms with van der Waals surface area (Å²) in [6, 6.07) is 8.10. The van der Waals surface area contributed by atoms with E-state index in [-0.39, 0.29) is 12.4 Å². The first-order valence-corrected chi connectivity index (χ1v) is 3.76. The van der Waals surface area contributed by atoms with Crippen LogP contribution in [-0.4, -0.2) is 11.3 Å². The molecule has 1 aromatic carbocycles. The van der Waals surface area contributed by atoms with Crippen LogP contribution in [-0.2, 0) is 6.54 Å². The van der Waals surface area contributed by atoms with Crippen LogP contribution >= 0.6 is 12.4 Å². The standard InChI is InChI=1S/C8H10N4.ClH/c9-11-12-6-8-4-2-1-3-7(8)5-10-12;/h1-5,11H,6,9H2;1H. The van der Waals surface area contributed by atoms with Crippen LogP contribution in [0.15, 0.2) is 29.4 Å². The Bertz CT molecular complexity index is 313. The fourth-order valence-corrected chi connectivity index (χ4v) is 1.22. The van der Waals surface area contributed by atoms with Crippen molar-refractivity contribution in [3.05, 3.63) is 35.4 Å². The predicted molar refractivity (Wildman–Crippen MR) is 54.2 cm³/mol. The fourth-order valence-electron chi connectivity index (χ4n) is 1.22. The van der Waals surface area contributed by atoms with Crippen LogP contribution in [0.3, 0.4) is 0 Å². The molecular weight excluding hydrogens is 188 g/mol. The molecule has 0 amide bonds. The largest absolute Gasteiger partial charge is 0.252 e. The number of hydrazine groups is 2. The molecule has 3 N–H and O–H groups in total. The minimum absolute atomic E-state index is 0. The molecule has 1 aliphatic heterocycles. The van der Waals surface area contributed by atoms with Gasteiger partial charge in [-0.1, -0.05) is 24.3 Å². The number of fused-ring (bicyclic) bond motifs is 1. The molecule has 0 saturated heterocycles. The van der Waals surface area contributed by atoms with Crippen molar-refractivity contribution in [1.29, 1.82) is 0 Å². The number of hydrogen-bond acceptors (Lipinski definition) is 4. The predicted octanol–water partition coefficient (Wildman–Crippen LogP) is 0.636. The number of nitrogens with zero attached hydrogens (tertiary/aromatic N) is 2. The second-order valence-corrected chi connectivity index (χ2v) is 2.63. The third kappa shape index (κ3) is 1.98. The Balaban J connectivity index is 0.000000845. The molecule has 0 unspecified atom stereocenters. The Morgan fingerprint density at radius 3 is 2.92 bits per heavy atom. The lowest BCUT2D eigenvalue weighted by atomic mass is 10.1. The molecule has 2 rings (SSSR count). The summed E-state index contributed by atoms with van der Waals surface area (Å²) in [5, 5.41) is 5.65. The van der Waals surface area contributed by atoms with E-state index < -0.39 is 0 Å². The lowest BCUT2D eigenvalue weighted by molar-refractivity contribution is 0.187. The van der Waals surface area contributed by atoms with Crippen molar-refractivity contribution < 1.29 is 0 Å². The second kappa shape index (κ2) is 4.23. The van der Waals surface area contributed by atoms with Crippen molar-refractivity contribution in [3.63, 3.8) is 0 Å². The zero-order valence-electron chi connectivity index (χ0n) is 6.97. The molecule has 13 heavy (non-hydrogen) atoms. The third-order valence-corrected chi connectivity index (χ3v) is 1.86. The van der Waals surface area contributed by atoms with Crippen LogP contribution < -0.4 is 11.4 Å². The van der Waals surface area contributed by atoms with Crippen molar-refractivity contribution >= 4 is 18.6 Å². The molecule has 70 valence electrons. The van der Waals surface area contributed by atoms with Gasteiger partial charge >= 0.3 is 0 Å². The van der Waals surface area contributed by atoms with Crippen LogP contribution in [0, 0.1) is 0 Å². The molecule has 5 heteroatoms. The Morgan fingerprint density at radius 2 is 2.15 bits per heavy atom. The number of rotatable bonds is 1. The topological polar surface area (TPSA) is 53.6 Å². The number of nitrogens with two attached hydrogens (primary N) is 1. The van der Waals surface area contributed by atoms with Gasteiger partial charge in [-0.25, -0.2) is 5.12 Å². The number of nitrogens with one attached hydrogen (secondary N) is 1. The summed E-state index contributed by atoms with van der Waals surface area (Å²) < 4.78 is 0. The molecule has 1 aliphatic rings. The van der Waals surface area contributed by atoms with Gasteiger partial charge in [0.25, 0.3) is 0 Å². The molecule has 0 aliphatic carbocycles. The summed E-state index contributed by atoms with van der Waals surface area (Å²) in [6.07, 6.45) is 1.79. The number of halogens is 1. The van der Waals surface area contributed by atoms with E-state index in [1.54, 1.807) is 11.3 Å². The molecule has 4 nitrogen and oxygen atoms in total. The number of hydrogen-bond donors (Lipinski definition) is 2. The first kappa shape index (κ1) is 9.98. The van der Waals surface area contributed by atoms with Gasteiger partial charge in [-0.2, -0.15) is 10.6 Å². The summed E-state index contributed by atoms with van der Waals surface area (Å²) in [7, 11) is 0. The van der Waals surface area contributed by atoms with E-state index in [9.17, 15) is 0 Å². The van der Waals surface area contributed by atoms with Gasteiger partial charge in [-0.3, -0.25) is 5.84 Å². The lowest BCUT2D eigenvalue weighted by Gasteiger charge is -2.21. The average Bonchev–Trinajstić information content (AvgIpc) is 2.17. The van der Waals surface area contributed by atoms with Crippen LogP contribution in [0.5, 0.6) is 0 Å². The second-order valence-electron chi connectivity index (χ2n) is 2.63. The highest BCUT2D eigenvalue weighted by atomic mass is 35.5. The molecule has 0 aromatic heterocycles. The van der Waals surface area contributed by atoms with E-state index in [1.165, 1.54) is 5.56 Å². The van der Waals surface area contributed by atoms with Gasteiger partial charge < -0.3 is 0 Å². The van der Waals surface area contributed by atoms with Crippen molar-refractivity contribution in [2.75, 3.05) is 0 Å². The normalized spacial score (nSPS) is 13.5. The quantitative estimate of drug-likeness (QED) is 0.514. The maximum Gasteiger partial charge on any atom is 0.0803 e. The van der Waals surface area contributed by atoms with Gasteiger partial charge in [-0.05, 0) is 11.1 Å². The van der Waals surface area contributed by atoms with E-state index >= 15 is 0 Å². The summed E-state index contributed by atoms with van der Waals surface area (Å²) in [5.74, 6) is 5.22. The Hall–Kier alpha value is -1.10. The van der Waals surface area contributed by atoms with Gasteiger partial charge in [0.1, 0.15) is 0 Å². The summed E-state index contributed by atoms with van der Waals surface area (Å²) >= 11 is 0. The van der Waals surface area contributed by atoms with Crippen molar-refractivity contribution in [2.24, 2.45) is 10.9 Å². The minimum Gasteiger partial charge on any atom is -0.252 e. The van der Waals surface area contributed by atoms with Crippen molar-refractivity contribution in [1.82, 2.24) is 10.7 Å². The highest BCUT2D eigenvalue weighted by molar-refractivity contribution is 5.85. The van der Waals surface area contributed by atoms with E-state index in [0.29, 0.717) is 6.54 Å². The zero-order valence-corrected chi connectivity index (χ0v) is 7.79. The lowest BCUT2D eigenvalue weighted by Crippen LogP contribution is -2.40. The SMILES string of the molecule is Cl.NNN1Cc2ccccc2C=N1. The highest BCUT2D eigenvalue weighted by Crippen LogP contribution is 2.12. The molecule has 0 atom stereocenters. The average molecular weight is 199 g/mol. The first-order chi connectivity index (χ1) is 5.90. The minimum atomic E-state index is 0. The Kier molecular flexibility index (Phi) is 3.25. The fraction of sp³-hybridized carbons (Fsp3) is 0.125. The Morgan fingerprint density at radius 1 is 1.38 bits per heavy atom. The molecule has 1 heterocycles. The van der Waals surface area contributed by atoms with Gasteiger partial charge in [0.05, 0.1) is 12.8 Å². The van der Waals surface area contributed by atoms with Crippen LogP contribution in [0.4, 0.5) is 0 Å². The zero-order chi connectivity index (χ0) is 8.39. The van der Waals surface area contributed by atoms with E-state index in [2.05, 4.69) is 16.7 Å². The molecule has 0 fully saturated rings. The molecule has 0 spiro atoms. The van der Waals surface area contributed by atoms with Gasteiger partial charge in [-0.15, -0.1) is 12.4 Å². The first-order valence-electron chi connectivity index (χ1n) is 3.76. The van der Waals surface area contributed by atoms with E-state index in [1.807, 2.05) is 18.2 Å². The number of benzene rings is 1. The van der Waals surface area contributed by atoms with E-state index in [0.717, 1.165) is 5.56 Å². The Labute approximate surface area is 82.8 Å². The molecule has 0 bridgehead atoms. The van der Waals surface area contributed by atoms with Crippen LogP contribution in [0.25, 0.3) is 0 Å². The van der Waals surface area contributed by atoms with Crippen LogP contribution in [0.2, 0.25) is 0 Å². The smallest absolute Gasteiger partial charge is 0.0803 e. The maximum absolute atomic E-state index is 5.22. The molecule has 1 aromatic rings. The van der Waals surface area contributed by atoms with E-state index in [4.69, 9.17) is 5.84 Å². The van der Waals surface area contributed by atoms with Crippen molar-refractivity contribution in [3.8, 4) is 0 Å². The highest BCUT2D eigenvalue weighted by Gasteiger charge is 2.08. The summed E-state index contributed by atoms with van der Waals surface area (Å²) in [4.78, 5) is 0. The molecule has 0 radical (unpaired) electrons. The maximum atomic E-state index is 5.22. The van der Waals surface area contributed by atoms with Gasteiger partial charge in [0.2, 0.25) is 0 Å². The monoisotopic (exact) mass is 198 g/mol.